The summed E-state index contributed by atoms with van der Waals surface area (Å²) in [5.74, 6) is -0.238. The summed E-state index contributed by atoms with van der Waals surface area (Å²) >= 11 is 0. The number of hydrogen-bond acceptors (Lipinski definition) is 5. The molecule has 0 amide bonds. The van der Waals surface area contributed by atoms with Gasteiger partial charge in [0.1, 0.15) is 0 Å². The Bertz CT molecular complexity index is 969. The highest BCUT2D eigenvalue weighted by molar-refractivity contribution is 7.38. The zero-order valence-corrected chi connectivity index (χ0v) is 23.4. The Hall–Kier alpha value is -2.82. The van der Waals surface area contributed by atoms with Crippen LogP contribution in [0.1, 0.15) is 75.5 Å². The Balaban J connectivity index is 0.00000118. The minimum atomic E-state index is -2.62. The van der Waals surface area contributed by atoms with E-state index >= 15 is 0 Å². The van der Waals surface area contributed by atoms with Gasteiger partial charge in [0.15, 0.2) is 0 Å². The first-order chi connectivity index (χ1) is 18.4. The molecule has 0 aromatic heterocycles. The maximum absolute atomic E-state index is 13.0. The van der Waals surface area contributed by atoms with Crippen molar-refractivity contribution in [3.63, 3.8) is 0 Å². The van der Waals surface area contributed by atoms with Crippen LogP contribution in [0, 0.1) is 0 Å². The van der Waals surface area contributed by atoms with E-state index in [2.05, 4.69) is 85.8 Å². The van der Waals surface area contributed by atoms with Gasteiger partial charge in [-0.2, -0.15) is 0 Å². The molecule has 0 bridgehead atoms. The smallest absolute Gasteiger partial charge is 0.333 e. The van der Waals surface area contributed by atoms with Gasteiger partial charge in [-0.15, -0.1) is 0 Å². The first kappa shape index (κ1) is 31.4. The Labute approximate surface area is 228 Å². The maximum Gasteiger partial charge on any atom is 0.333 e. The number of rotatable bonds is 13. The van der Waals surface area contributed by atoms with Gasteiger partial charge in [0, 0.05) is 5.57 Å². The van der Waals surface area contributed by atoms with E-state index < -0.39 is 14.0 Å². The summed E-state index contributed by atoms with van der Waals surface area (Å²) in [7, 11) is -2.62. The summed E-state index contributed by atoms with van der Waals surface area (Å²) < 4.78 is 5.68. The molecule has 0 radical (unpaired) electrons. The molecule has 5 nitrogen and oxygen atoms in total. The lowest BCUT2D eigenvalue weighted by molar-refractivity contribution is -0.139. The minimum absolute atomic E-state index is 0.238. The molecule has 0 atom stereocenters. The number of benzene rings is 3. The van der Waals surface area contributed by atoms with Gasteiger partial charge in [-0.1, -0.05) is 143 Å². The van der Waals surface area contributed by atoms with Crippen molar-refractivity contribution >= 4 is 14.6 Å². The van der Waals surface area contributed by atoms with Crippen molar-refractivity contribution in [2.45, 2.75) is 64.2 Å². The van der Waals surface area contributed by atoms with Crippen molar-refractivity contribution in [1.29, 1.82) is 0 Å². The van der Waals surface area contributed by atoms with Crippen LogP contribution in [0.5, 0.6) is 0 Å². The summed E-state index contributed by atoms with van der Waals surface area (Å²) in [6.07, 6.45) is 10.5. The van der Waals surface area contributed by atoms with Gasteiger partial charge in [0.05, 0.1) is 12.0 Å². The van der Waals surface area contributed by atoms with Gasteiger partial charge < -0.3 is 19.4 Å². The number of esters is 1. The fraction of sp³-hybridized carbons (Fsp3) is 0.344. The zero-order valence-electron chi connectivity index (χ0n) is 22.5. The third-order valence-electron chi connectivity index (χ3n) is 6.42. The molecule has 3 aromatic rings. The van der Waals surface area contributed by atoms with Crippen LogP contribution in [0.3, 0.4) is 0 Å². The van der Waals surface area contributed by atoms with Crippen LogP contribution in [-0.2, 0) is 14.9 Å². The van der Waals surface area contributed by atoms with Crippen molar-refractivity contribution in [3.8, 4) is 0 Å². The van der Waals surface area contributed by atoms with Crippen molar-refractivity contribution in [2.24, 2.45) is 0 Å². The Morgan fingerprint density at radius 2 is 1.08 bits per heavy atom. The normalized spacial score (nSPS) is 11.6. The van der Waals surface area contributed by atoms with E-state index in [1.54, 1.807) is 0 Å². The molecular weight excluding hydrogens is 495 g/mol. The van der Waals surface area contributed by atoms with Crippen LogP contribution < -0.4 is 0 Å². The first-order valence-corrected chi connectivity index (χ1v) is 14.5. The van der Waals surface area contributed by atoms with Gasteiger partial charge in [0.2, 0.25) is 0 Å². The molecule has 0 heterocycles. The molecule has 0 aliphatic rings. The van der Waals surface area contributed by atoms with E-state index in [0.717, 1.165) is 29.5 Å². The summed E-state index contributed by atoms with van der Waals surface area (Å²) in [6, 6.07) is 31.2. The Kier molecular flexibility index (Phi) is 14.6. The summed E-state index contributed by atoms with van der Waals surface area (Å²) in [5.41, 5.74) is 3.39. The molecule has 3 N–H and O–H groups in total. The molecule has 3 aromatic carbocycles. The number of carbonyl (C=O) groups excluding carboxylic acids is 1. The highest BCUT2D eigenvalue weighted by Gasteiger charge is 2.35. The largest absolute Gasteiger partial charge is 0.462 e. The van der Waals surface area contributed by atoms with Crippen molar-refractivity contribution < 1.29 is 24.2 Å². The molecular formula is C32H41O5P. The van der Waals surface area contributed by atoms with Gasteiger partial charge in [-0.25, -0.2) is 4.79 Å². The van der Waals surface area contributed by atoms with E-state index in [1.807, 2.05) is 25.1 Å². The van der Waals surface area contributed by atoms with Gasteiger partial charge in [-0.3, -0.25) is 0 Å². The molecule has 0 fully saturated rings. The number of allylic oxidation sites excluding steroid dienone is 1. The van der Waals surface area contributed by atoms with Crippen molar-refractivity contribution in [2.75, 3.05) is 6.61 Å². The topological polar surface area (TPSA) is 87.0 Å². The van der Waals surface area contributed by atoms with E-state index in [-0.39, 0.29) is 5.97 Å². The third-order valence-corrected chi connectivity index (χ3v) is 6.42. The summed E-state index contributed by atoms with van der Waals surface area (Å²) in [6.45, 7) is 4.58. The molecule has 0 unspecified atom stereocenters. The Morgan fingerprint density at radius 3 is 1.47 bits per heavy atom. The molecule has 6 heteroatoms. The first-order valence-electron chi connectivity index (χ1n) is 13.3. The molecule has 38 heavy (non-hydrogen) atoms. The summed E-state index contributed by atoms with van der Waals surface area (Å²) in [4.78, 5) is 34.7. The van der Waals surface area contributed by atoms with Crippen LogP contribution in [0.15, 0.2) is 103 Å². The number of carbonyl (C=O) groups is 1. The third kappa shape index (κ3) is 10.2. The summed E-state index contributed by atoms with van der Waals surface area (Å²) in [5, 5.41) is 0. The van der Waals surface area contributed by atoms with Crippen LogP contribution in [0.25, 0.3) is 0 Å². The van der Waals surface area contributed by atoms with Crippen molar-refractivity contribution in [3.05, 3.63) is 119 Å². The fourth-order valence-electron chi connectivity index (χ4n) is 4.57. The predicted octanol–water partition coefficient (Wildman–Crippen LogP) is 7.45. The lowest BCUT2D eigenvalue weighted by Crippen LogP contribution is -2.28. The van der Waals surface area contributed by atoms with Crippen LogP contribution >= 0.6 is 8.60 Å². The lowest BCUT2D eigenvalue weighted by Gasteiger charge is -2.33. The second-order valence-electron chi connectivity index (χ2n) is 9.26. The average molecular weight is 537 g/mol. The van der Waals surface area contributed by atoms with Gasteiger partial charge in [-0.05, 0) is 30.0 Å². The molecule has 204 valence electrons. The monoisotopic (exact) mass is 536 g/mol. The van der Waals surface area contributed by atoms with Gasteiger partial charge in [0.25, 0.3) is 0 Å². The predicted molar refractivity (Wildman–Crippen MR) is 155 cm³/mol. The minimum Gasteiger partial charge on any atom is -0.462 e. The van der Waals surface area contributed by atoms with E-state index in [0.29, 0.717) is 12.2 Å². The Morgan fingerprint density at radius 1 is 0.711 bits per heavy atom. The van der Waals surface area contributed by atoms with Crippen LogP contribution in [-0.4, -0.2) is 27.3 Å². The van der Waals surface area contributed by atoms with Crippen LogP contribution in [0.4, 0.5) is 0 Å². The second kappa shape index (κ2) is 17.6. The quantitative estimate of drug-likeness (QED) is 0.0694. The van der Waals surface area contributed by atoms with E-state index in [1.165, 1.54) is 32.1 Å². The number of unbranched alkanes of at least 4 members (excludes halogenated alkanes) is 6. The average Bonchev–Trinajstić information content (AvgIpc) is 2.94. The molecule has 0 spiro atoms. The molecule has 0 aliphatic heterocycles. The standard InChI is InChI=1S/C32H38O2.H3O3P/c1-3-4-5-6-7-8-18-25-34-31(33)27(2)26-32(28-19-12-9-13-20-28,29-21-14-10-15-22-29)30-23-16-11-17-24-30;1-4(2)3/h9-17,19-24,26H,3-8,18,25H2,1-2H3;1-3H. The maximum atomic E-state index is 13.0. The SMILES string of the molecule is CCCCCCCCCOC(=O)C(C)=CC(c1ccccc1)(c1ccccc1)c1ccccc1.OP(O)O. The lowest BCUT2D eigenvalue weighted by atomic mass is 9.68. The molecule has 0 saturated heterocycles. The zero-order chi connectivity index (χ0) is 27.6. The fourth-order valence-corrected chi connectivity index (χ4v) is 4.57. The second-order valence-corrected chi connectivity index (χ2v) is 9.80. The molecule has 0 saturated carbocycles. The highest BCUT2D eigenvalue weighted by Crippen LogP contribution is 2.41. The van der Waals surface area contributed by atoms with Crippen molar-refractivity contribution in [1.82, 2.24) is 0 Å². The number of hydrogen-bond donors (Lipinski definition) is 3. The number of ether oxygens (including phenoxy) is 1. The molecule has 3 rings (SSSR count). The van der Waals surface area contributed by atoms with Crippen LogP contribution in [0.2, 0.25) is 0 Å². The van der Waals surface area contributed by atoms with E-state index in [9.17, 15) is 4.79 Å². The van der Waals surface area contributed by atoms with Gasteiger partial charge >= 0.3 is 14.6 Å². The highest BCUT2D eigenvalue weighted by atomic mass is 31.2. The van der Waals surface area contributed by atoms with E-state index in [4.69, 9.17) is 19.4 Å². The molecule has 0 aliphatic carbocycles.